The van der Waals surface area contributed by atoms with Crippen LogP contribution in [0.5, 0.6) is 0 Å². The number of fused-ring (bicyclic) bond motifs is 4. The number of alkyl halides is 12. The molecule has 6 amide bonds. The lowest BCUT2D eigenvalue weighted by atomic mass is 10.0. The summed E-state index contributed by atoms with van der Waals surface area (Å²) >= 11 is 0. The number of hydrogen-bond donors (Lipinski definition) is 9. The van der Waals surface area contributed by atoms with E-state index in [0.29, 0.717) is 68.1 Å². The summed E-state index contributed by atoms with van der Waals surface area (Å²) in [6, 6.07) is 46.9. The van der Waals surface area contributed by atoms with Crippen LogP contribution in [0.2, 0.25) is 0 Å². The molecule has 8 aromatic carbocycles. The fourth-order valence-electron chi connectivity index (χ4n) is 15.5. The number of carbonyl (C=O) groups excluding carboxylic acids is 5. The molecular formula is C97H83F12N21O6. The Kier molecular flexibility index (Phi) is 27.6. The van der Waals surface area contributed by atoms with E-state index in [4.69, 9.17) is 4.74 Å². The van der Waals surface area contributed by atoms with Crippen LogP contribution in [0, 0.1) is 0 Å². The first-order valence-corrected chi connectivity index (χ1v) is 42.7. The Morgan fingerprint density at radius 1 is 0.324 bits per heavy atom. The average molecular weight is 1870 g/mol. The molecule has 3 aliphatic rings. The molecule has 3 saturated heterocycles. The zero-order valence-electron chi connectivity index (χ0n) is 72.3. The highest BCUT2D eigenvalue weighted by Crippen LogP contribution is 2.39. The number of hydrogen-bond acceptors (Lipinski definition) is 17. The molecule has 0 spiro atoms. The van der Waals surface area contributed by atoms with Gasteiger partial charge in [-0.05, 0) is 243 Å². The molecule has 11 heterocycles. The molecule has 16 aromatic rings. The number of ether oxygens (including phenoxy) is 1. The number of nitrogens with zero attached hydrogens (tertiary/aromatic N) is 12. The number of likely N-dealkylation sites (tertiary alicyclic amines) is 1. The van der Waals surface area contributed by atoms with Crippen molar-refractivity contribution in [2.45, 2.75) is 63.4 Å². The molecule has 0 radical (unpaired) electrons. The maximum Gasteiger partial charge on any atom is 0.416 e. The zero-order valence-corrected chi connectivity index (χ0v) is 72.3. The third-order valence-corrected chi connectivity index (χ3v) is 22.7. The van der Waals surface area contributed by atoms with Gasteiger partial charge in [0.25, 0.3) is 23.6 Å². The average Bonchev–Trinajstić information content (AvgIpc) is 1.64. The number of piperidine rings is 1. The largest absolute Gasteiger partial charge is 0.416 e. The van der Waals surface area contributed by atoms with Gasteiger partial charge >= 0.3 is 30.7 Å². The van der Waals surface area contributed by atoms with E-state index in [9.17, 15) is 76.7 Å². The van der Waals surface area contributed by atoms with Gasteiger partial charge in [-0.15, -0.1) is 0 Å². The Labute approximate surface area is 766 Å². The Hall–Kier alpha value is -15.9. The van der Waals surface area contributed by atoms with E-state index in [1.807, 2.05) is 85.3 Å². The molecule has 136 heavy (non-hydrogen) atoms. The fraction of sp³-hybridized carbons (Fsp3) is 0.206. The van der Waals surface area contributed by atoms with Gasteiger partial charge in [-0.2, -0.15) is 73.1 Å². The zero-order chi connectivity index (χ0) is 95.6. The summed E-state index contributed by atoms with van der Waals surface area (Å²) in [5.41, 5.74) is 11.5. The number of aromatic amines is 4. The molecule has 3 fully saturated rings. The quantitative estimate of drug-likeness (QED) is 0.0382. The molecular weight excluding hydrogens is 1780 g/mol. The summed E-state index contributed by atoms with van der Waals surface area (Å²) in [5.74, 6) is -2.12. The van der Waals surface area contributed by atoms with Gasteiger partial charge in [-0.1, -0.05) is 24.3 Å². The van der Waals surface area contributed by atoms with Crippen molar-refractivity contribution in [2.24, 2.45) is 0 Å². The number of nitrogens with one attached hydrogen (secondary N) is 9. The van der Waals surface area contributed by atoms with E-state index < -0.39 is 70.6 Å². The van der Waals surface area contributed by atoms with Gasteiger partial charge in [-0.25, -0.2) is 4.79 Å². The molecule has 0 bridgehead atoms. The maximum atomic E-state index is 12.8. The van der Waals surface area contributed by atoms with E-state index in [-0.39, 0.29) is 51.6 Å². The molecule has 0 saturated carbocycles. The van der Waals surface area contributed by atoms with Crippen LogP contribution in [-0.2, 0) is 36.0 Å². The summed E-state index contributed by atoms with van der Waals surface area (Å²) in [6.45, 7) is 8.01. The normalized spacial score (nSPS) is 13.7. The van der Waals surface area contributed by atoms with Crippen molar-refractivity contribution in [2.75, 3.05) is 103 Å². The highest BCUT2D eigenvalue weighted by atomic mass is 19.4. The van der Waals surface area contributed by atoms with Gasteiger partial charge in [0.05, 0.1) is 93.2 Å². The van der Waals surface area contributed by atoms with Crippen LogP contribution < -0.4 is 36.4 Å². The van der Waals surface area contributed by atoms with Crippen LogP contribution in [0.1, 0.15) is 102 Å². The molecule has 0 atom stereocenters. The molecule has 19 rings (SSSR count). The summed E-state index contributed by atoms with van der Waals surface area (Å²) in [7, 11) is 3.24. The van der Waals surface area contributed by atoms with Crippen LogP contribution in [0.3, 0.4) is 0 Å². The van der Waals surface area contributed by atoms with Crippen molar-refractivity contribution in [3.05, 3.63) is 294 Å². The van der Waals surface area contributed by atoms with Crippen LogP contribution in [0.25, 0.3) is 88.1 Å². The first kappa shape index (κ1) is 93.3. The Balaban J connectivity index is 0.000000131. The third kappa shape index (κ3) is 22.7. The van der Waals surface area contributed by atoms with E-state index in [1.54, 1.807) is 57.1 Å². The number of H-pyrrole nitrogens is 4. The van der Waals surface area contributed by atoms with Crippen LogP contribution in [0.15, 0.2) is 244 Å². The lowest BCUT2D eigenvalue weighted by Gasteiger charge is -2.28. The van der Waals surface area contributed by atoms with Gasteiger partial charge < -0.3 is 46.0 Å². The van der Waals surface area contributed by atoms with Crippen LogP contribution in [0.4, 0.5) is 97.3 Å². The number of benzene rings is 8. The standard InChI is InChI=1S/2C25H22F3N5O.C24H20F3N5O2.C23H19F3N6O2/c26-25(27,28)19-4-6-20(7-5-19)30-24(34)23-21-12-17(3-8-22(21)31-32-23)18-11-16(13-29-14-18)15-33-9-1-2-10-33;26-25(27,28)18-5-7-19(8-6-18)30-24(34)23-21-13-16(4-9-22(21)31-32-23)17-12-20(15-29-14-17)33-10-2-1-3-11-33;25-24(26,27)17-2-4-18(5-3-17)29-23(33)22-20-12-15(1-6-21(20)30-31-22)16-11-19(14-28-13-16)32-7-9-34-10-8-32;1-32(2)22(34)29-17-9-14(11-27-12-17)13-3-8-19-18(10-13)20(31-30-19)21(33)28-16-6-4-15(5-7-16)23(24,25)26/h3-8,11-14H,1-2,9-10,15H2,(H,30,34)(H,31,32);4-9,12-15H,1-3,10-11H2,(H,30,34)(H,31,32);1-6,11-14H,7-10H2,(H,29,33)(H,30,31);3-12H,1-2H3,(H,28,33)(H,29,34)(H,30,31). The lowest BCUT2D eigenvalue weighted by Crippen LogP contribution is -2.36. The van der Waals surface area contributed by atoms with Crippen molar-refractivity contribution in [3.8, 4) is 44.5 Å². The third-order valence-electron chi connectivity index (χ3n) is 22.7. The second-order valence-corrected chi connectivity index (χ2v) is 32.3. The number of urea groups is 1. The van der Waals surface area contributed by atoms with Crippen molar-refractivity contribution < 1.29 is 81.4 Å². The number of anilines is 7. The number of halogens is 12. The number of aromatic nitrogens is 12. The Morgan fingerprint density at radius 2 is 0.625 bits per heavy atom. The summed E-state index contributed by atoms with van der Waals surface area (Å²) in [6.07, 6.45) is 2.30. The van der Waals surface area contributed by atoms with Gasteiger partial charge in [0, 0.05) is 144 Å². The SMILES string of the molecule is CN(C)C(=O)Nc1cncc(-c2ccc3[nH]nc(C(=O)Nc4ccc(C(F)(F)F)cc4)c3c2)c1.O=C(Nc1ccc(C(F)(F)F)cc1)c1n[nH]c2ccc(-c3cncc(CN4CCCC4)c3)cc12.O=C(Nc1ccc(C(F)(F)F)cc1)c1n[nH]c2ccc(-c3cncc(N4CCCCC4)c3)cc12.O=C(Nc1ccc(C(F)(F)F)cc1)c1n[nH]c2ccc(-c3cncc(N4CCOCC4)c3)cc12. The highest BCUT2D eigenvalue weighted by Gasteiger charge is 2.34. The van der Waals surface area contributed by atoms with Gasteiger partial charge in [-0.3, -0.25) is 64.4 Å². The molecule has 0 aliphatic carbocycles. The minimum atomic E-state index is -4.46. The van der Waals surface area contributed by atoms with Gasteiger partial charge in [0.1, 0.15) is 0 Å². The first-order chi connectivity index (χ1) is 65.2. The molecule has 0 unspecified atom stereocenters. The second kappa shape index (κ2) is 40.3. The van der Waals surface area contributed by atoms with E-state index >= 15 is 0 Å². The maximum absolute atomic E-state index is 12.8. The molecule has 39 heteroatoms. The molecule has 3 aliphatic heterocycles. The van der Waals surface area contributed by atoms with Crippen molar-refractivity contribution >= 4 is 113 Å². The predicted octanol–water partition coefficient (Wildman–Crippen LogP) is 21.1. The van der Waals surface area contributed by atoms with Gasteiger partial charge in [0.15, 0.2) is 22.8 Å². The van der Waals surface area contributed by atoms with Crippen molar-refractivity contribution in [3.63, 3.8) is 0 Å². The van der Waals surface area contributed by atoms with Crippen LogP contribution in [-0.4, -0.2) is 167 Å². The van der Waals surface area contributed by atoms with E-state index in [0.717, 1.165) is 150 Å². The second-order valence-electron chi connectivity index (χ2n) is 32.3. The Morgan fingerprint density at radius 3 is 0.956 bits per heavy atom. The number of carbonyl (C=O) groups is 5. The number of amides is 6. The predicted molar refractivity (Wildman–Crippen MR) is 491 cm³/mol. The molecule has 8 aromatic heterocycles. The monoisotopic (exact) mass is 1870 g/mol. The van der Waals surface area contributed by atoms with Crippen molar-refractivity contribution in [1.82, 2.24) is 70.5 Å². The first-order valence-electron chi connectivity index (χ1n) is 42.7. The Bertz CT molecular complexity index is 6800. The lowest BCUT2D eigenvalue weighted by molar-refractivity contribution is -0.138. The van der Waals surface area contributed by atoms with E-state index in [1.165, 1.54) is 91.7 Å². The van der Waals surface area contributed by atoms with Crippen molar-refractivity contribution in [1.29, 1.82) is 0 Å². The van der Waals surface area contributed by atoms with Gasteiger partial charge in [0.2, 0.25) is 0 Å². The molecule has 27 nitrogen and oxygen atoms in total. The van der Waals surface area contributed by atoms with E-state index in [2.05, 4.69) is 114 Å². The summed E-state index contributed by atoms with van der Waals surface area (Å²) in [5, 5.41) is 43.2. The molecule has 9 N–H and O–H groups in total. The van der Waals surface area contributed by atoms with Crippen LogP contribution >= 0.6 is 0 Å². The topological polar surface area (TPSA) is 334 Å². The minimum absolute atomic E-state index is 0.0850. The number of rotatable bonds is 17. The number of morpholine rings is 1. The minimum Gasteiger partial charge on any atom is -0.378 e. The highest BCUT2D eigenvalue weighted by molar-refractivity contribution is 6.15. The number of pyridine rings is 4. The fourth-order valence-corrected chi connectivity index (χ4v) is 15.5. The summed E-state index contributed by atoms with van der Waals surface area (Å²) in [4.78, 5) is 88.9. The smallest absolute Gasteiger partial charge is 0.378 e. The summed E-state index contributed by atoms with van der Waals surface area (Å²) < 4.78 is 159. The molecule has 696 valence electrons.